The summed E-state index contributed by atoms with van der Waals surface area (Å²) >= 11 is 0. The number of nitrogens with zero attached hydrogens (tertiary/aromatic N) is 2. The molecule has 10 heteroatoms. The van der Waals surface area contributed by atoms with Gasteiger partial charge in [0, 0.05) is 0 Å². The van der Waals surface area contributed by atoms with Crippen molar-refractivity contribution in [1.29, 1.82) is 0 Å². The first kappa shape index (κ1) is 15.3. The van der Waals surface area contributed by atoms with Gasteiger partial charge in [-0.2, -0.15) is 9.78 Å². The SMILES string of the molecule is N[C@]1(C#CCF)C(O)[C@@H](CO)O[C@H]1n1ncc(=O)[nH]c1=O. The molecule has 21 heavy (non-hydrogen) atoms. The molecule has 1 aromatic rings. The van der Waals surface area contributed by atoms with Crippen LogP contribution in [0, 0.1) is 11.8 Å². The number of aliphatic hydroxyl groups is 2. The van der Waals surface area contributed by atoms with E-state index >= 15 is 0 Å². The standard InChI is InChI=1S/C11H13FN4O5/c12-3-1-2-11(13)8(19)6(5-17)21-9(11)16-10(20)15-7(18)4-14-16/h4,6,8-9,17,19H,3,5,13H2,(H,15,18,20)/t6-,8?,9-,11-/m1/s1. The van der Waals surface area contributed by atoms with Crippen LogP contribution in [0.15, 0.2) is 15.8 Å². The molecule has 1 fully saturated rings. The van der Waals surface area contributed by atoms with Crippen LogP contribution in [0.5, 0.6) is 0 Å². The predicted octanol–water partition coefficient (Wildman–Crippen LogP) is -3.15. The van der Waals surface area contributed by atoms with Crippen LogP contribution in [-0.2, 0) is 4.74 Å². The summed E-state index contributed by atoms with van der Waals surface area (Å²) in [4.78, 5) is 24.7. The van der Waals surface area contributed by atoms with E-state index in [-0.39, 0.29) is 0 Å². The number of rotatable bonds is 2. The summed E-state index contributed by atoms with van der Waals surface area (Å²) in [6.45, 7) is -1.61. The highest BCUT2D eigenvalue weighted by Crippen LogP contribution is 2.34. The van der Waals surface area contributed by atoms with Gasteiger partial charge in [0.25, 0.3) is 5.56 Å². The van der Waals surface area contributed by atoms with Crippen molar-refractivity contribution in [2.75, 3.05) is 13.3 Å². The summed E-state index contributed by atoms with van der Waals surface area (Å²) in [5, 5.41) is 22.8. The molecular weight excluding hydrogens is 287 g/mol. The van der Waals surface area contributed by atoms with E-state index in [0.29, 0.717) is 4.68 Å². The highest BCUT2D eigenvalue weighted by molar-refractivity contribution is 5.25. The molecule has 1 aromatic heterocycles. The van der Waals surface area contributed by atoms with E-state index in [1.807, 2.05) is 4.98 Å². The van der Waals surface area contributed by atoms with Crippen LogP contribution in [0.25, 0.3) is 0 Å². The first-order chi connectivity index (χ1) is 9.93. The Hall–Kier alpha value is -2.06. The first-order valence-corrected chi connectivity index (χ1v) is 5.91. The summed E-state index contributed by atoms with van der Waals surface area (Å²) in [6, 6.07) is 0. The van der Waals surface area contributed by atoms with Crippen molar-refractivity contribution >= 4 is 0 Å². The van der Waals surface area contributed by atoms with Gasteiger partial charge >= 0.3 is 5.69 Å². The zero-order valence-electron chi connectivity index (χ0n) is 10.7. The molecule has 1 saturated heterocycles. The van der Waals surface area contributed by atoms with Gasteiger partial charge in [-0.25, -0.2) is 9.18 Å². The number of H-pyrrole nitrogens is 1. The van der Waals surface area contributed by atoms with Crippen LogP contribution >= 0.6 is 0 Å². The molecule has 1 unspecified atom stereocenters. The van der Waals surface area contributed by atoms with Gasteiger partial charge in [-0.05, 0) is 0 Å². The number of nitrogens with one attached hydrogen (secondary N) is 1. The lowest BCUT2D eigenvalue weighted by molar-refractivity contribution is -0.0530. The van der Waals surface area contributed by atoms with Crippen LogP contribution in [0.4, 0.5) is 4.39 Å². The van der Waals surface area contributed by atoms with Crippen molar-refractivity contribution in [2.45, 2.75) is 24.0 Å². The van der Waals surface area contributed by atoms with E-state index in [2.05, 4.69) is 16.9 Å². The quantitative estimate of drug-likeness (QED) is 0.422. The van der Waals surface area contributed by atoms with Gasteiger partial charge < -0.3 is 20.7 Å². The van der Waals surface area contributed by atoms with Crippen molar-refractivity contribution in [1.82, 2.24) is 14.8 Å². The number of ether oxygens (including phenoxy) is 1. The zero-order chi connectivity index (χ0) is 15.6. The van der Waals surface area contributed by atoms with Crippen LogP contribution in [-0.4, -0.2) is 56.0 Å². The van der Waals surface area contributed by atoms with Gasteiger partial charge in [-0.15, -0.1) is 0 Å². The fourth-order valence-electron chi connectivity index (χ4n) is 2.06. The maximum absolute atomic E-state index is 12.3. The highest BCUT2D eigenvalue weighted by atomic mass is 19.1. The molecule has 0 bridgehead atoms. The second kappa shape index (κ2) is 5.74. The van der Waals surface area contributed by atoms with Crippen LogP contribution in [0.3, 0.4) is 0 Å². The summed E-state index contributed by atoms with van der Waals surface area (Å²) in [6.07, 6.45) is -3.19. The Morgan fingerprint density at radius 2 is 2.33 bits per heavy atom. The summed E-state index contributed by atoms with van der Waals surface area (Å²) < 4.78 is 18.2. The third kappa shape index (κ3) is 2.59. The Morgan fingerprint density at radius 1 is 1.62 bits per heavy atom. The molecule has 0 radical (unpaired) electrons. The second-order valence-electron chi connectivity index (χ2n) is 4.41. The Labute approximate surface area is 117 Å². The number of aromatic amines is 1. The lowest BCUT2D eigenvalue weighted by Crippen LogP contribution is -2.55. The van der Waals surface area contributed by atoms with Gasteiger partial charge in [0.05, 0.1) is 6.61 Å². The molecule has 9 nitrogen and oxygen atoms in total. The third-order valence-electron chi connectivity index (χ3n) is 3.07. The Kier molecular flexibility index (Phi) is 4.19. The topological polar surface area (TPSA) is 143 Å². The van der Waals surface area contributed by atoms with Crippen molar-refractivity contribution in [3.63, 3.8) is 0 Å². The smallest absolute Gasteiger partial charge is 0.347 e. The van der Waals surface area contributed by atoms with Gasteiger partial charge in [0.1, 0.15) is 25.1 Å². The molecule has 114 valence electrons. The number of hydrogen-bond acceptors (Lipinski definition) is 7. The lowest BCUT2D eigenvalue weighted by Gasteiger charge is -2.26. The van der Waals surface area contributed by atoms with E-state index in [0.717, 1.165) is 6.20 Å². The average Bonchev–Trinajstić information content (AvgIpc) is 2.70. The molecular formula is C11H13FN4O5. The number of aromatic nitrogens is 3. The summed E-state index contributed by atoms with van der Waals surface area (Å²) in [7, 11) is 0. The monoisotopic (exact) mass is 300 g/mol. The van der Waals surface area contributed by atoms with Crippen LogP contribution in [0.2, 0.25) is 0 Å². The molecule has 0 aliphatic carbocycles. The molecule has 0 spiro atoms. The minimum Gasteiger partial charge on any atom is -0.394 e. The minimum absolute atomic E-state index is 0.591. The fraction of sp³-hybridized carbons (Fsp3) is 0.545. The molecule has 1 aliphatic rings. The first-order valence-electron chi connectivity index (χ1n) is 5.91. The Bertz CT molecular complexity index is 692. The van der Waals surface area contributed by atoms with E-state index in [1.54, 1.807) is 0 Å². The Morgan fingerprint density at radius 3 is 2.90 bits per heavy atom. The maximum atomic E-state index is 12.3. The fourth-order valence-corrected chi connectivity index (χ4v) is 2.06. The number of nitrogens with two attached hydrogens (primary N) is 1. The summed E-state index contributed by atoms with van der Waals surface area (Å²) in [5.41, 5.74) is 2.39. The number of alkyl halides is 1. The van der Waals surface area contributed by atoms with Crippen LogP contribution in [0.1, 0.15) is 6.23 Å². The normalized spacial score (nSPS) is 31.7. The average molecular weight is 300 g/mol. The van der Waals surface area contributed by atoms with E-state index in [9.17, 15) is 19.1 Å². The van der Waals surface area contributed by atoms with Gasteiger partial charge in [0.2, 0.25) is 0 Å². The van der Waals surface area contributed by atoms with Gasteiger partial charge in [0.15, 0.2) is 11.8 Å². The van der Waals surface area contributed by atoms with Crippen molar-refractivity contribution < 1.29 is 19.3 Å². The van der Waals surface area contributed by atoms with Crippen molar-refractivity contribution in [2.24, 2.45) is 5.73 Å². The second-order valence-corrected chi connectivity index (χ2v) is 4.41. The third-order valence-corrected chi connectivity index (χ3v) is 3.07. The largest absolute Gasteiger partial charge is 0.394 e. The molecule has 4 atom stereocenters. The molecule has 5 N–H and O–H groups in total. The Balaban J connectivity index is 2.53. The number of halogens is 1. The molecule has 1 aliphatic heterocycles. The maximum Gasteiger partial charge on any atom is 0.347 e. The molecule has 2 rings (SSSR count). The predicted molar refractivity (Wildman–Crippen MR) is 66.8 cm³/mol. The van der Waals surface area contributed by atoms with E-state index in [1.165, 1.54) is 0 Å². The van der Waals surface area contributed by atoms with E-state index in [4.69, 9.17) is 15.6 Å². The molecule has 0 aromatic carbocycles. The molecule has 0 saturated carbocycles. The van der Waals surface area contributed by atoms with Crippen molar-refractivity contribution in [3.8, 4) is 11.8 Å². The zero-order valence-corrected chi connectivity index (χ0v) is 10.7. The van der Waals surface area contributed by atoms with Crippen molar-refractivity contribution in [3.05, 3.63) is 27.0 Å². The van der Waals surface area contributed by atoms with Crippen LogP contribution < -0.4 is 17.0 Å². The number of aliphatic hydroxyl groups excluding tert-OH is 2. The van der Waals surface area contributed by atoms with Gasteiger partial charge in [-0.3, -0.25) is 9.78 Å². The number of hydrogen-bond donors (Lipinski definition) is 4. The highest BCUT2D eigenvalue weighted by Gasteiger charge is 2.54. The molecule has 2 heterocycles. The van der Waals surface area contributed by atoms with Gasteiger partial charge in [-0.1, -0.05) is 11.8 Å². The molecule has 0 amide bonds. The summed E-state index contributed by atoms with van der Waals surface area (Å²) in [5.74, 6) is 4.35. The van der Waals surface area contributed by atoms with E-state index < -0.39 is 48.5 Å². The minimum atomic E-state index is -1.87. The lowest BCUT2D eigenvalue weighted by atomic mass is 9.92.